The Morgan fingerprint density at radius 1 is 1.47 bits per heavy atom. The van der Waals surface area contributed by atoms with Crippen molar-refractivity contribution in [3.63, 3.8) is 0 Å². The Kier molecular flexibility index (Phi) is 6.31. The molecule has 0 aromatic heterocycles. The number of thiocarbonyl (C=S) groups is 1. The number of hydrogen-bond donors (Lipinski definition) is 1. The van der Waals surface area contributed by atoms with Crippen molar-refractivity contribution in [3.05, 3.63) is 0 Å². The highest BCUT2D eigenvalue weighted by Gasteiger charge is 2.22. The third kappa shape index (κ3) is 5.44. The molecule has 4 nitrogen and oxygen atoms in total. The molecular formula is C9H20N2O2S2. The van der Waals surface area contributed by atoms with Gasteiger partial charge in [0.25, 0.3) is 0 Å². The van der Waals surface area contributed by atoms with E-state index in [4.69, 9.17) is 5.73 Å². The van der Waals surface area contributed by atoms with Gasteiger partial charge in [-0.25, -0.2) is 12.7 Å². The lowest BCUT2D eigenvalue weighted by Crippen LogP contribution is -2.39. The van der Waals surface area contributed by atoms with Crippen LogP contribution >= 0.6 is 12.2 Å². The molecule has 0 bridgehead atoms. The van der Waals surface area contributed by atoms with Crippen LogP contribution in [0.4, 0.5) is 0 Å². The Morgan fingerprint density at radius 3 is 2.33 bits per heavy atom. The van der Waals surface area contributed by atoms with Gasteiger partial charge >= 0.3 is 0 Å². The summed E-state index contributed by atoms with van der Waals surface area (Å²) in [7, 11) is -3.31. The van der Waals surface area contributed by atoms with Crippen LogP contribution in [0.15, 0.2) is 0 Å². The monoisotopic (exact) mass is 252 g/mol. The lowest BCUT2D eigenvalue weighted by atomic mass is 10.1. The first-order chi connectivity index (χ1) is 6.83. The number of hydrogen-bond acceptors (Lipinski definition) is 3. The van der Waals surface area contributed by atoms with Crippen molar-refractivity contribution in [2.75, 3.05) is 18.8 Å². The van der Waals surface area contributed by atoms with Crippen molar-refractivity contribution in [3.8, 4) is 0 Å². The van der Waals surface area contributed by atoms with Crippen LogP contribution in [0.3, 0.4) is 0 Å². The fourth-order valence-electron chi connectivity index (χ4n) is 1.19. The standard InChI is InChI=1S/C9H20N2O2S2/c1-4-8(3)6-11(5-2)15(12,13)7-9(10)14/h8H,4-7H2,1-3H3,(H2,10,14). The topological polar surface area (TPSA) is 63.4 Å². The van der Waals surface area contributed by atoms with E-state index < -0.39 is 10.0 Å². The molecule has 2 N–H and O–H groups in total. The zero-order chi connectivity index (χ0) is 12.1. The first-order valence-electron chi connectivity index (χ1n) is 5.09. The molecule has 15 heavy (non-hydrogen) atoms. The van der Waals surface area contributed by atoms with Crippen LogP contribution in [0, 0.1) is 5.92 Å². The number of sulfonamides is 1. The second kappa shape index (κ2) is 6.40. The third-order valence-corrected chi connectivity index (χ3v) is 4.48. The van der Waals surface area contributed by atoms with Gasteiger partial charge in [-0.15, -0.1) is 0 Å². The van der Waals surface area contributed by atoms with E-state index in [1.54, 1.807) is 0 Å². The van der Waals surface area contributed by atoms with E-state index in [9.17, 15) is 8.42 Å². The Labute approximate surface area is 97.9 Å². The maximum atomic E-state index is 11.8. The lowest BCUT2D eigenvalue weighted by Gasteiger charge is -2.23. The number of rotatable bonds is 7. The van der Waals surface area contributed by atoms with Gasteiger partial charge in [0, 0.05) is 13.1 Å². The molecule has 0 aromatic rings. The minimum Gasteiger partial charge on any atom is -0.392 e. The second-order valence-electron chi connectivity index (χ2n) is 3.69. The van der Waals surface area contributed by atoms with Gasteiger partial charge in [-0.05, 0) is 5.92 Å². The molecule has 1 unspecified atom stereocenters. The maximum absolute atomic E-state index is 11.8. The van der Waals surface area contributed by atoms with Gasteiger partial charge in [-0.3, -0.25) is 0 Å². The largest absolute Gasteiger partial charge is 0.392 e. The van der Waals surface area contributed by atoms with Crippen LogP contribution < -0.4 is 5.73 Å². The number of nitrogens with two attached hydrogens (primary N) is 1. The summed E-state index contributed by atoms with van der Waals surface area (Å²) in [6.07, 6.45) is 0.957. The molecule has 0 spiro atoms. The van der Waals surface area contributed by atoms with Crippen molar-refractivity contribution in [1.29, 1.82) is 0 Å². The first-order valence-corrected chi connectivity index (χ1v) is 7.11. The maximum Gasteiger partial charge on any atom is 0.220 e. The summed E-state index contributed by atoms with van der Waals surface area (Å²) in [5, 5.41) is 0. The van der Waals surface area contributed by atoms with Gasteiger partial charge in [0.2, 0.25) is 10.0 Å². The average Bonchev–Trinajstić information content (AvgIpc) is 2.11. The molecule has 1 atom stereocenters. The fourth-order valence-corrected chi connectivity index (χ4v) is 3.05. The molecule has 90 valence electrons. The molecule has 0 radical (unpaired) electrons. The summed E-state index contributed by atoms with van der Waals surface area (Å²) in [5.41, 5.74) is 5.26. The molecule has 0 saturated carbocycles. The Balaban J connectivity index is 4.58. The van der Waals surface area contributed by atoms with Gasteiger partial charge in [-0.2, -0.15) is 0 Å². The molecule has 0 aliphatic rings. The van der Waals surface area contributed by atoms with Gasteiger partial charge in [0.1, 0.15) is 5.75 Å². The van der Waals surface area contributed by atoms with E-state index in [0.717, 1.165) is 6.42 Å². The molecule has 0 aliphatic carbocycles. The van der Waals surface area contributed by atoms with Crippen molar-refractivity contribution in [2.24, 2.45) is 11.7 Å². The normalized spacial score (nSPS) is 14.1. The molecule has 0 aromatic carbocycles. The molecule has 0 aliphatic heterocycles. The van der Waals surface area contributed by atoms with Gasteiger partial charge in [0.15, 0.2) is 0 Å². The van der Waals surface area contributed by atoms with Crippen molar-refractivity contribution >= 4 is 27.2 Å². The zero-order valence-corrected chi connectivity index (χ0v) is 11.2. The third-order valence-electron chi connectivity index (χ3n) is 2.28. The molecule has 6 heteroatoms. The second-order valence-corrected chi connectivity index (χ2v) is 6.18. The van der Waals surface area contributed by atoms with Gasteiger partial charge in [-0.1, -0.05) is 39.4 Å². The van der Waals surface area contributed by atoms with Gasteiger partial charge < -0.3 is 5.73 Å². The molecule has 0 heterocycles. The molecular weight excluding hydrogens is 232 g/mol. The van der Waals surface area contributed by atoms with E-state index >= 15 is 0 Å². The van der Waals surface area contributed by atoms with E-state index in [-0.39, 0.29) is 10.7 Å². The van der Waals surface area contributed by atoms with Crippen LogP contribution in [-0.2, 0) is 10.0 Å². The minimum atomic E-state index is -3.31. The summed E-state index contributed by atoms with van der Waals surface area (Å²) < 4.78 is 25.0. The van der Waals surface area contributed by atoms with E-state index in [1.807, 2.05) is 20.8 Å². The summed E-state index contributed by atoms with van der Waals surface area (Å²) in [5.74, 6) is 0.123. The van der Waals surface area contributed by atoms with Crippen LogP contribution in [-0.4, -0.2) is 36.6 Å². The quantitative estimate of drug-likeness (QED) is 0.686. The Morgan fingerprint density at radius 2 is 2.00 bits per heavy atom. The molecule has 0 saturated heterocycles. The molecule has 0 rings (SSSR count). The van der Waals surface area contributed by atoms with Crippen LogP contribution in [0.1, 0.15) is 27.2 Å². The minimum absolute atomic E-state index is 0.0256. The van der Waals surface area contributed by atoms with Crippen LogP contribution in [0.2, 0.25) is 0 Å². The fraction of sp³-hybridized carbons (Fsp3) is 0.889. The van der Waals surface area contributed by atoms with E-state index in [2.05, 4.69) is 12.2 Å². The Hall–Kier alpha value is -0.200. The summed E-state index contributed by atoms with van der Waals surface area (Å²) >= 11 is 4.62. The first kappa shape index (κ1) is 14.8. The number of nitrogens with zero attached hydrogens (tertiary/aromatic N) is 1. The lowest BCUT2D eigenvalue weighted by molar-refractivity contribution is 0.363. The average molecular weight is 252 g/mol. The van der Waals surface area contributed by atoms with E-state index in [1.165, 1.54) is 4.31 Å². The SMILES string of the molecule is CCC(C)CN(CC)S(=O)(=O)CC(N)=S. The van der Waals surface area contributed by atoms with E-state index in [0.29, 0.717) is 19.0 Å². The van der Waals surface area contributed by atoms with Gasteiger partial charge in [0.05, 0.1) is 4.99 Å². The van der Waals surface area contributed by atoms with Crippen molar-refractivity contribution < 1.29 is 8.42 Å². The summed E-state index contributed by atoms with van der Waals surface area (Å²) in [4.78, 5) is 0.0256. The highest BCUT2D eigenvalue weighted by Crippen LogP contribution is 2.09. The highest BCUT2D eigenvalue weighted by atomic mass is 32.2. The van der Waals surface area contributed by atoms with Crippen molar-refractivity contribution in [2.45, 2.75) is 27.2 Å². The van der Waals surface area contributed by atoms with Crippen LogP contribution in [0.5, 0.6) is 0 Å². The zero-order valence-electron chi connectivity index (χ0n) is 9.56. The molecule has 0 amide bonds. The summed E-state index contributed by atoms with van der Waals surface area (Å²) in [6, 6.07) is 0. The predicted molar refractivity (Wildman–Crippen MR) is 67.3 cm³/mol. The van der Waals surface area contributed by atoms with Crippen LogP contribution in [0.25, 0.3) is 0 Å². The summed E-state index contributed by atoms with van der Waals surface area (Å²) in [6.45, 7) is 6.89. The molecule has 0 fully saturated rings. The highest BCUT2D eigenvalue weighted by molar-refractivity contribution is 7.92. The predicted octanol–water partition coefficient (Wildman–Crippen LogP) is 0.970. The van der Waals surface area contributed by atoms with Crippen molar-refractivity contribution in [1.82, 2.24) is 4.31 Å². The Bertz CT molecular complexity index is 301. The smallest absolute Gasteiger partial charge is 0.220 e.